The Morgan fingerprint density at radius 3 is 2.03 bits per heavy atom. The molecule has 0 spiro atoms. The number of carbonyl (C=O) groups excluding carboxylic acids is 6. The lowest BCUT2D eigenvalue weighted by Gasteiger charge is -2.67. The van der Waals surface area contributed by atoms with Gasteiger partial charge in [-0.25, -0.2) is 9.59 Å². The zero-order valence-corrected chi connectivity index (χ0v) is 37.3. The SMILES string of the molecule is CC(=O)O[C@H]1C(=O)[C@]2(C)[C@@H](O)CC3OC[C@@]3(OC(C)=O)[C@H]2[C@H](OC(=O)c2cc(Cl)cc(Cl)c2)[C@]2(O)C[C@H](OC(=O)[C@H](O)[C@@H](NC(=O)c3ccccc3)c3ccccc3)C(C)=C1C2(C)C. The van der Waals surface area contributed by atoms with Gasteiger partial charge in [-0.3, -0.25) is 19.2 Å². The largest absolute Gasteiger partial charge is 0.456 e. The van der Waals surface area contributed by atoms with Gasteiger partial charge in [-0.1, -0.05) is 85.6 Å². The number of hydrogen-bond donors (Lipinski definition) is 4. The Labute approximate surface area is 378 Å². The third-order valence-corrected chi connectivity index (χ3v) is 14.0. The van der Waals surface area contributed by atoms with E-state index in [9.17, 15) is 39.3 Å². The second kappa shape index (κ2) is 17.3. The number of aliphatic hydroxyl groups is 3. The number of fused-ring (bicyclic) bond motifs is 5. The van der Waals surface area contributed by atoms with Crippen LogP contribution in [0.3, 0.4) is 0 Å². The molecule has 3 aromatic rings. The summed E-state index contributed by atoms with van der Waals surface area (Å²) in [4.78, 5) is 83.8. The molecule has 4 N–H and O–H groups in total. The highest BCUT2D eigenvalue weighted by Crippen LogP contribution is 2.64. The highest BCUT2D eigenvalue weighted by Gasteiger charge is 2.78. The summed E-state index contributed by atoms with van der Waals surface area (Å²) in [5, 5.41) is 40.5. The number of ketones is 1. The Morgan fingerprint density at radius 2 is 1.47 bits per heavy atom. The molecule has 1 saturated heterocycles. The molecule has 15 nitrogen and oxygen atoms in total. The lowest BCUT2D eigenvalue weighted by Crippen LogP contribution is -2.82. The van der Waals surface area contributed by atoms with Crippen molar-refractivity contribution in [2.24, 2.45) is 16.7 Å². The van der Waals surface area contributed by atoms with Crippen molar-refractivity contribution in [3.05, 3.63) is 117 Å². The standard InChI is InChI=1S/C47H49Cl2NO14/c1-23-31(62-43(58)36(54)35(26-13-9-7-10-14-26)50-41(56)27-15-11-8-12-16-27)21-47(59)40(63-42(57)28-17-29(48)19-30(49)18-28)38-45(6,32(53)20-33-46(38,22-60-33)64-25(3)52)39(55)37(61-24(2)51)34(23)44(47,4)5/h7-19,31-33,35-38,40,53-54,59H,20-22H2,1-6H3,(H,50,56)/t31-,32-,33?,35-,36+,37+,38-,40-,45+,46-,47+/m0/s1. The van der Waals surface area contributed by atoms with Crippen LogP contribution < -0.4 is 5.32 Å². The van der Waals surface area contributed by atoms with Crippen molar-refractivity contribution in [3.8, 4) is 0 Å². The number of esters is 4. The number of rotatable bonds is 10. The van der Waals surface area contributed by atoms with Crippen LogP contribution in [0.1, 0.15) is 86.7 Å². The van der Waals surface area contributed by atoms with Gasteiger partial charge < -0.3 is 44.3 Å². The van der Waals surface area contributed by atoms with E-state index < -0.39 is 113 Å². The second-order valence-electron chi connectivity index (χ2n) is 17.6. The molecule has 3 fully saturated rings. The number of carbonyl (C=O) groups is 6. The van der Waals surface area contributed by atoms with E-state index in [4.69, 9.17) is 46.9 Å². The highest BCUT2D eigenvalue weighted by atomic mass is 35.5. The summed E-state index contributed by atoms with van der Waals surface area (Å²) in [6.07, 6.45) is -10.9. The molecule has 64 heavy (non-hydrogen) atoms. The van der Waals surface area contributed by atoms with Crippen molar-refractivity contribution in [2.75, 3.05) is 6.61 Å². The van der Waals surface area contributed by atoms with Gasteiger partial charge in [0.25, 0.3) is 5.91 Å². The van der Waals surface area contributed by atoms with Crippen molar-refractivity contribution in [1.82, 2.24) is 5.32 Å². The average Bonchev–Trinajstić information content (AvgIpc) is 3.23. The predicted octanol–water partition coefficient (Wildman–Crippen LogP) is 5.04. The van der Waals surface area contributed by atoms with Crippen molar-refractivity contribution >= 4 is 58.8 Å². The summed E-state index contributed by atoms with van der Waals surface area (Å²) in [5.41, 5.74) is -7.61. The van der Waals surface area contributed by atoms with E-state index in [-0.39, 0.29) is 45.3 Å². The normalized spacial score (nSPS) is 31.3. The zero-order valence-electron chi connectivity index (χ0n) is 35.8. The van der Waals surface area contributed by atoms with E-state index in [2.05, 4.69) is 5.32 Å². The quantitative estimate of drug-likeness (QED) is 0.119. The topological polar surface area (TPSA) is 221 Å². The van der Waals surface area contributed by atoms with E-state index in [1.165, 1.54) is 45.9 Å². The van der Waals surface area contributed by atoms with Gasteiger partial charge in [0.1, 0.15) is 23.9 Å². The van der Waals surface area contributed by atoms with Crippen LogP contribution in [-0.4, -0.2) is 105 Å². The molecule has 3 aliphatic carbocycles. The summed E-state index contributed by atoms with van der Waals surface area (Å²) < 4.78 is 30.3. The molecular weight excluding hydrogens is 873 g/mol. The maximum absolute atomic E-state index is 15.5. The molecule has 340 valence electrons. The van der Waals surface area contributed by atoms with Crippen LogP contribution in [0.4, 0.5) is 0 Å². The fourth-order valence-corrected chi connectivity index (χ4v) is 10.8. The molecular formula is C47H49Cl2NO14. The monoisotopic (exact) mass is 921 g/mol. The van der Waals surface area contributed by atoms with Gasteiger partial charge in [0.15, 0.2) is 23.6 Å². The third-order valence-electron chi connectivity index (χ3n) is 13.6. The van der Waals surface area contributed by atoms with E-state index in [1.54, 1.807) is 60.7 Å². The molecule has 1 heterocycles. The number of amides is 1. The van der Waals surface area contributed by atoms with Gasteiger partial charge in [-0.2, -0.15) is 0 Å². The minimum absolute atomic E-state index is 0.0435. The molecule has 1 aliphatic heterocycles. The molecule has 3 aromatic carbocycles. The van der Waals surface area contributed by atoms with Crippen LogP contribution in [0.5, 0.6) is 0 Å². The van der Waals surface area contributed by atoms with E-state index in [0.717, 1.165) is 13.8 Å². The maximum atomic E-state index is 15.5. The smallest absolute Gasteiger partial charge is 0.338 e. The molecule has 1 amide bonds. The van der Waals surface area contributed by atoms with Crippen LogP contribution in [-0.2, 0) is 42.9 Å². The summed E-state index contributed by atoms with van der Waals surface area (Å²) in [7, 11) is 0. The fraction of sp³-hybridized carbons (Fsp3) is 0.447. The lowest BCUT2D eigenvalue weighted by atomic mass is 9.44. The Kier molecular flexibility index (Phi) is 12.7. The van der Waals surface area contributed by atoms with Crippen molar-refractivity contribution in [2.45, 2.75) is 108 Å². The molecule has 17 heteroatoms. The molecule has 7 rings (SSSR count). The Balaban J connectivity index is 1.40. The summed E-state index contributed by atoms with van der Waals surface area (Å²) in [6.45, 7) is 7.76. The molecule has 2 saturated carbocycles. The van der Waals surface area contributed by atoms with E-state index in [0.29, 0.717) is 5.56 Å². The number of nitrogens with one attached hydrogen (secondary N) is 1. The minimum Gasteiger partial charge on any atom is -0.456 e. The second-order valence-corrected chi connectivity index (χ2v) is 18.5. The van der Waals surface area contributed by atoms with Gasteiger partial charge in [-0.05, 0) is 60.9 Å². The van der Waals surface area contributed by atoms with Gasteiger partial charge in [0, 0.05) is 47.7 Å². The van der Waals surface area contributed by atoms with Crippen molar-refractivity contribution in [1.29, 1.82) is 0 Å². The first-order valence-electron chi connectivity index (χ1n) is 20.7. The number of Topliss-reactive ketones (excluding diaryl/α,β-unsaturated/α-hetero) is 1. The average molecular weight is 923 g/mol. The summed E-state index contributed by atoms with van der Waals surface area (Å²) in [5.74, 6) is -7.21. The Morgan fingerprint density at radius 1 is 0.859 bits per heavy atom. The fourth-order valence-electron chi connectivity index (χ4n) is 10.3. The third kappa shape index (κ3) is 7.89. The first-order valence-corrected chi connectivity index (χ1v) is 21.4. The molecule has 2 bridgehead atoms. The number of benzene rings is 3. The Hall–Kier alpha value is -5.16. The maximum Gasteiger partial charge on any atom is 0.338 e. The molecule has 11 atom stereocenters. The van der Waals surface area contributed by atoms with Crippen LogP contribution in [0.25, 0.3) is 0 Å². The van der Waals surface area contributed by atoms with Gasteiger partial charge in [0.05, 0.1) is 35.6 Å². The lowest BCUT2D eigenvalue weighted by molar-refractivity contribution is -0.346. The van der Waals surface area contributed by atoms with Gasteiger partial charge in [-0.15, -0.1) is 0 Å². The van der Waals surface area contributed by atoms with Crippen LogP contribution in [0, 0.1) is 16.7 Å². The predicted molar refractivity (Wildman–Crippen MR) is 228 cm³/mol. The van der Waals surface area contributed by atoms with E-state index >= 15 is 4.79 Å². The number of ether oxygens (including phenoxy) is 5. The summed E-state index contributed by atoms with van der Waals surface area (Å²) >= 11 is 12.6. The Bertz CT molecular complexity index is 2390. The molecule has 4 aliphatic rings. The minimum atomic E-state index is -2.47. The van der Waals surface area contributed by atoms with Crippen LogP contribution in [0.15, 0.2) is 90.0 Å². The number of hydrogen-bond acceptors (Lipinski definition) is 14. The zero-order chi connectivity index (χ0) is 46.7. The van der Waals surface area contributed by atoms with E-state index in [1.807, 2.05) is 0 Å². The molecule has 0 aromatic heterocycles. The first kappa shape index (κ1) is 46.8. The van der Waals surface area contributed by atoms with Crippen LogP contribution >= 0.6 is 23.2 Å². The van der Waals surface area contributed by atoms with Gasteiger partial charge >= 0.3 is 23.9 Å². The van der Waals surface area contributed by atoms with Crippen molar-refractivity contribution in [3.63, 3.8) is 0 Å². The molecule has 1 unspecified atom stereocenters. The molecule has 0 radical (unpaired) electrons. The van der Waals surface area contributed by atoms with Crippen molar-refractivity contribution < 1.29 is 67.8 Å². The van der Waals surface area contributed by atoms with Gasteiger partial charge in [0.2, 0.25) is 0 Å². The summed E-state index contributed by atoms with van der Waals surface area (Å²) in [6, 6.07) is 18.9. The highest BCUT2D eigenvalue weighted by molar-refractivity contribution is 6.35. The first-order chi connectivity index (χ1) is 30.1. The number of aliphatic hydroxyl groups excluding tert-OH is 2. The van der Waals surface area contributed by atoms with Crippen LogP contribution in [0.2, 0.25) is 10.0 Å². The number of halogens is 2.